The molecule has 1 aromatic heterocycles. The van der Waals surface area contributed by atoms with Crippen molar-refractivity contribution >= 4 is 21.6 Å². The van der Waals surface area contributed by atoms with Crippen LogP contribution in [-0.4, -0.2) is 7.11 Å². The van der Waals surface area contributed by atoms with Crippen LogP contribution in [0.15, 0.2) is 21.3 Å². The van der Waals surface area contributed by atoms with Gasteiger partial charge in [0.1, 0.15) is 0 Å². The number of benzene rings is 1. The van der Waals surface area contributed by atoms with Crippen molar-refractivity contribution in [3.05, 3.63) is 27.4 Å². The van der Waals surface area contributed by atoms with Gasteiger partial charge in [0.2, 0.25) is 0 Å². The molecule has 0 saturated carbocycles. The van der Waals surface area contributed by atoms with Crippen LogP contribution in [0.2, 0.25) is 0 Å². The number of hydrogen-bond acceptors (Lipinski definition) is 5. The summed E-state index contributed by atoms with van der Waals surface area (Å²) in [6.07, 6.45) is 0. The largest absolute Gasteiger partial charge is 0.493 e. The first-order valence-corrected chi connectivity index (χ1v) is 5.30. The van der Waals surface area contributed by atoms with Gasteiger partial charge in [-0.25, -0.2) is 4.79 Å². The van der Waals surface area contributed by atoms with Gasteiger partial charge in [0.25, 0.3) is 0 Å². The van der Waals surface area contributed by atoms with Crippen molar-refractivity contribution in [2.45, 2.75) is 13.0 Å². The van der Waals surface area contributed by atoms with Crippen LogP contribution in [0.25, 0.3) is 10.3 Å². The highest BCUT2D eigenvalue weighted by Gasteiger charge is 2.12. The predicted molar refractivity (Wildman–Crippen MR) is 59.5 cm³/mol. The SMILES string of the molecule is COc1cc(C(C)N)cc2sc(=O)oc12. The van der Waals surface area contributed by atoms with Crippen molar-refractivity contribution in [1.29, 1.82) is 0 Å². The highest BCUT2D eigenvalue weighted by Crippen LogP contribution is 2.30. The Hall–Kier alpha value is -1.33. The van der Waals surface area contributed by atoms with Gasteiger partial charge in [0, 0.05) is 6.04 Å². The van der Waals surface area contributed by atoms with Crippen LogP contribution in [0.1, 0.15) is 18.5 Å². The summed E-state index contributed by atoms with van der Waals surface area (Å²) >= 11 is 1.06. The fourth-order valence-corrected chi connectivity index (χ4v) is 2.12. The van der Waals surface area contributed by atoms with Crippen LogP contribution in [0.5, 0.6) is 5.75 Å². The van der Waals surface area contributed by atoms with E-state index in [0.29, 0.717) is 11.3 Å². The third kappa shape index (κ3) is 1.75. The van der Waals surface area contributed by atoms with Gasteiger partial charge in [0.05, 0.1) is 11.8 Å². The second-order valence-corrected chi connectivity index (χ2v) is 4.27. The summed E-state index contributed by atoms with van der Waals surface area (Å²) in [6.45, 7) is 1.88. The lowest BCUT2D eigenvalue weighted by atomic mass is 10.1. The van der Waals surface area contributed by atoms with Gasteiger partial charge < -0.3 is 14.9 Å². The molecule has 1 unspecified atom stereocenters. The molecule has 4 nitrogen and oxygen atoms in total. The van der Waals surface area contributed by atoms with Gasteiger partial charge >= 0.3 is 4.94 Å². The van der Waals surface area contributed by atoms with Crippen molar-refractivity contribution in [2.24, 2.45) is 5.73 Å². The molecule has 1 atom stereocenters. The summed E-state index contributed by atoms with van der Waals surface area (Å²) in [6, 6.07) is 3.56. The molecule has 2 rings (SSSR count). The third-order valence-electron chi connectivity index (χ3n) is 2.17. The number of ether oxygens (including phenoxy) is 1. The highest BCUT2D eigenvalue weighted by atomic mass is 32.1. The van der Waals surface area contributed by atoms with Crippen molar-refractivity contribution in [1.82, 2.24) is 0 Å². The molecule has 5 heteroatoms. The Morgan fingerprint density at radius 2 is 2.27 bits per heavy atom. The predicted octanol–water partition coefficient (Wildman–Crippen LogP) is 1.88. The van der Waals surface area contributed by atoms with E-state index in [1.54, 1.807) is 6.07 Å². The molecular weight excluding hydrogens is 214 g/mol. The molecule has 80 valence electrons. The van der Waals surface area contributed by atoms with Gasteiger partial charge in [0.15, 0.2) is 11.3 Å². The van der Waals surface area contributed by atoms with Gasteiger partial charge in [-0.3, -0.25) is 0 Å². The number of hydrogen-bond donors (Lipinski definition) is 1. The highest BCUT2D eigenvalue weighted by molar-refractivity contribution is 7.16. The molecule has 0 aliphatic heterocycles. The lowest BCUT2D eigenvalue weighted by molar-refractivity contribution is 0.408. The summed E-state index contributed by atoms with van der Waals surface area (Å²) in [4.78, 5) is 10.8. The van der Waals surface area contributed by atoms with E-state index < -0.39 is 0 Å². The number of rotatable bonds is 2. The average molecular weight is 225 g/mol. The third-order valence-corrected chi connectivity index (χ3v) is 2.94. The topological polar surface area (TPSA) is 65.5 Å². The van der Waals surface area contributed by atoms with E-state index >= 15 is 0 Å². The van der Waals surface area contributed by atoms with E-state index in [-0.39, 0.29) is 11.0 Å². The molecule has 0 aliphatic rings. The zero-order valence-electron chi connectivity index (χ0n) is 8.44. The molecule has 0 radical (unpaired) electrons. The van der Waals surface area contributed by atoms with Crippen molar-refractivity contribution in [2.75, 3.05) is 7.11 Å². The maximum absolute atomic E-state index is 11.1. The average Bonchev–Trinajstić information content (AvgIpc) is 2.56. The lowest BCUT2D eigenvalue weighted by Gasteiger charge is -2.07. The van der Waals surface area contributed by atoms with Gasteiger partial charge in [-0.1, -0.05) is 11.3 Å². The first-order chi connectivity index (χ1) is 7.11. The Morgan fingerprint density at radius 3 is 2.87 bits per heavy atom. The molecule has 1 aromatic carbocycles. The quantitative estimate of drug-likeness (QED) is 0.847. The number of fused-ring (bicyclic) bond motifs is 1. The minimum atomic E-state index is -0.329. The van der Waals surface area contributed by atoms with E-state index in [1.807, 2.05) is 13.0 Å². The van der Waals surface area contributed by atoms with E-state index in [9.17, 15) is 4.79 Å². The smallest absolute Gasteiger partial charge is 0.396 e. The van der Waals surface area contributed by atoms with E-state index in [0.717, 1.165) is 21.6 Å². The van der Waals surface area contributed by atoms with Gasteiger partial charge in [-0.2, -0.15) is 0 Å². The normalized spacial score (nSPS) is 13.0. The van der Waals surface area contributed by atoms with Crippen LogP contribution in [0.3, 0.4) is 0 Å². The first-order valence-electron chi connectivity index (χ1n) is 4.49. The van der Waals surface area contributed by atoms with Crippen LogP contribution >= 0.6 is 11.3 Å². The molecule has 15 heavy (non-hydrogen) atoms. The standard InChI is InChI=1S/C10H11NO3S/c1-5(11)6-3-7(13-2)9-8(4-6)15-10(12)14-9/h3-5H,11H2,1-2H3. The zero-order valence-corrected chi connectivity index (χ0v) is 9.26. The molecule has 0 spiro atoms. The summed E-state index contributed by atoms with van der Waals surface area (Å²) in [5.41, 5.74) is 7.20. The first kappa shape index (κ1) is 10.2. The van der Waals surface area contributed by atoms with E-state index in [2.05, 4.69) is 0 Å². The molecule has 2 aromatic rings. The van der Waals surface area contributed by atoms with Crippen molar-refractivity contribution < 1.29 is 9.15 Å². The van der Waals surface area contributed by atoms with Crippen LogP contribution in [0, 0.1) is 0 Å². The Bertz CT molecular complexity index is 541. The summed E-state index contributed by atoms with van der Waals surface area (Å²) in [5, 5.41) is 0. The van der Waals surface area contributed by atoms with Crippen LogP contribution < -0.4 is 15.4 Å². The molecule has 0 bridgehead atoms. The molecule has 0 amide bonds. The Morgan fingerprint density at radius 1 is 1.53 bits per heavy atom. The summed E-state index contributed by atoms with van der Waals surface area (Å²) < 4.78 is 10.9. The van der Waals surface area contributed by atoms with E-state index in [4.69, 9.17) is 14.9 Å². The monoisotopic (exact) mass is 225 g/mol. The molecule has 0 aliphatic carbocycles. The number of nitrogens with two attached hydrogens (primary N) is 1. The summed E-state index contributed by atoms with van der Waals surface area (Å²) in [5.74, 6) is 0.554. The molecule has 0 fully saturated rings. The maximum Gasteiger partial charge on any atom is 0.396 e. The second-order valence-electron chi connectivity index (χ2n) is 3.29. The minimum absolute atomic E-state index is 0.0968. The zero-order chi connectivity index (χ0) is 11.0. The fraction of sp³-hybridized carbons (Fsp3) is 0.300. The molecule has 2 N–H and O–H groups in total. The molecule has 1 heterocycles. The van der Waals surface area contributed by atoms with Crippen molar-refractivity contribution in [3.8, 4) is 5.75 Å². The maximum atomic E-state index is 11.1. The minimum Gasteiger partial charge on any atom is -0.493 e. The summed E-state index contributed by atoms with van der Waals surface area (Å²) in [7, 11) is 1.54. The van der Waals surface area contributed by atoms with Crippen LogP contribution in [0.4, 0.5) is 0 Å². The fourth-order valence-electron chi connectivity index (χ4n) is 1.38. The van der Waals surface area contributed by atoms with Crippen LogP contribution in [-0.2, 0) is 0 Å². The van der Waals surface area contributed by atoms with Gasteiger partial charge in [-0.05, 0) is 24.6 Å². The van der Waals surface area contributed by atoms with Crippen molar-refractivity contribution in [3.63, 3.8) is 0 Å². The van der Waals surface area contributed by atoms with E-state index in [1.165, 1.54) is 7.11 Å². The Kier molecular flexibility index (Phi) is 2.50. The lowest BCUT2D eigenvalue weighted by Crippen LogP contribution is -2.04. The molecule has 0 saturated heterocycles. The Balaban J connectivity index is 2.76. The van der Waals surface area contributed by atoms with Gasteiger partial charge in [-0.15, -0.1) is 0 Å². The second kappa shape index (κ2) is 3.67. The molecular formula is C10H11NO3S. The number of methoxy groups -OCH3 is 1. The Labute approximate surface area is 90.3 Å².